The highest BCUT2D eigenvalue weighted by molar-refractivity contribution is 5.43. The van der Waals surface area contributed by atoms with Crippen LogP contribution < -0.4 is 4.90 Å². The number of tetrazole rings is 1. The number of rotatable bonds is 9. The van der Waals surface area contributed by atoms with Crippen molar-refractivity contribution < 1.29 is 44.3 Å². The minimum absolute atomic E-state index is 0.00571. The zero-order chi connectivity index (χ0) is 31.6. The zero-order valence-electron chi connectivity index (χ0n) is 23.4. The molecule has 43 heavy (non-hydrogen) atoms. The van der Waals surface area contributed by atoms with Gasteiger partial charge in [0.15, 0.2) is 0 Å². The van der Waals surface area contributed by atoms with Crippen LogP contribution in [0.2, 0.25) is 0 Å². The van der Waals surface area contributed by atoms with E-state index in [2.05, 4.69) is 15.4 Å². The van der Waals surface area contributed by atoms with Crippen molar-refractivity contribution in [1.29, 1.82) is 0 Å². The Morgan fingerprint density at radius 2 is 1.44 bits per heavy atom. The molecule has 0 aliphatic heterocycles. The topological polar surface area (TPSA) is 56.1 Å². The van der Waals surface area contributed by atoms with Crippen LogP contribution in [-0.2, 0) is 50.0 Å². The highest BCUT2D eigenvalue weighted by Crippen LogP contribution is 2.38. The second-order valence-electron chi connectivity index (χ2n) is 10.8. The number of aromatic nitrogens is 4. The molecule has 0 radical (unpaired) electrons. The minimum Gasteiger partial charge on any atom is -0.376 e. The van der Waals surface area contributed by atoms with Crippen LogP contribution in [0.15, 0.2) is 30.3 Å². The first-order valence-corrected chi connectivity index (χ1v) is 13.6. The number of ether oxygens (including phenoxy) is 1. The molecule has 6 nitrogen and oxygen atoms in total. The van der Waals surface area contributed by atoms with E-state index in [-0.39, 0.29) is 36.3 Å². The third-order valence-corrected chi connectivity index (χ3v) is 7.35. The van der Waals surface area contributed by atoms with Gasteiger partial charge in [-0.3, -0.25) is 0 Å². The molecule has 0 amide bonds. The quantitative estimate of drug-likeness (QED) is 0.227. The van der Waals surface area contributed by atoms with Gasteiger partial charge in [-0.25, -0.2) is 0 Å². The molecule has 236 valence electrons. The maximum absolute atomic E-state index is 13.9. The SMILES string of the molecule is Cc1cc(COCC2CCCCC2)c(CN(Cc2cc(C(F)(F)F)cc(C(F)(F)F)c2)c2nnn(C)n2)cc1C(F)(F)F. The van der Waals surface area contributed by atoms with Crippen molar-refractivity contribution in [3.05, 3.63) is 69.3 Å². The van der Waals surface area contributed by atoms with Crippen molar-refractivity contribution in [2.45, 2.75) is 77.3 Å². The summed E-state index contributed by atoms with van der Waals surface area (Å²) >= 11 is 0. The average molecular weight is 624 g/mol. The van der Waals surface area contributed by atoms with Gasteiger partial charge in [0, 0.05) is 19.7 Å². The van der Waals surface area contributed by atoms with Crippen LogP contribution in [0, 0.1) is 12.8 Å². The number of hydrogen-bond donors (Lipinski definition) is 0. The Bertz CT molecular complexity index is 1360. The standard InChI is InChI=1S/C28H30F9N5O/c1-17-8-21(16-43-15-18-6-4-3-5-7-18)20(11-24(17)28(35,36)37)14-42(25-38-40-41(2)39-25)13-19-9-22(26(29,30)31)12-23(10-19)27(32,33)34/h8-12,18H,3-7,13-16H2,1-2H3. The Morgan fingerprint density at radius 1 is 0.814 bits per heavy atom. The van der Waals surface area contributed by atoms with Crippen LogP contribution in [0.4, 0.5) is 45.5 Å². The number of alkyl halides is 9. The molecule has 15 heteroatoms. The Kier molecular flexibility index (Phi) is 9.62. The molecule has 2 aromatic carbocycles. The number of anilines is 1. The van der Waals surface area contributed by atoms with Crippen molar-refractivity contribution in [2.75, 3.05) is 11.5 Å². The largest absolute Gasteiger partial charge is 0.416 e. The van der Waals surface area contributed by atoms with E-state index in [1.165, 1.54) is 24.9 Å². The second-order valence-corrected chi connectivity index (χ2v) is 10.8. The second kappa shape index (κ2) is 12.7. The molecule has 1 heterocycles. The molecule has 0 spiro atoms. The van der Waals surface area contributed by atoms with Crippen LogP contribution in [0.25, 0.3) is 0 Å². The van der Waals surface area contributed by atoms with Crippen molar-refractivity contribution in [1.82, 2.24) is 20.2 Å². The van der Waals surface area contributed by atoms with Gasteiger partial charge in [0.2, 0.25) is 0 Å². The monoisotopic (exact) mass is 623 g/mol. The summed E-state index contributed by atoms with van der Waals surface area (Å²) in [4.78, 5) is 2.19. The van der Waals surface area contributed by atoms with Crippen LogP contribution in [-0.4, -0.2) is 26.8 Å². The number of hydrogen-bond acceptors (Lipinski definition) is 5. The number of aryl methyl sites for hydroxylation is 2. The van der Waals surface area contributed by atoms with Gasteiger partial charge >= 0.3 is 18.5 Å². The maximum Gasteiger partial charge on any atom is 0.416 e. The predicted octanol–water partition coefficient (Wildman–Crippen LogP) is 7.88. The molecule has 4 rings (SSSR count). The highest BCUT2D eigenvalue weighted by atomic mass is 19.4. The fraction of sp³-hybridized carbons (Fsp3) is 0.536. The lowest BCUT2D eigenvalue weighted by atomic mass is 9.90. The van der Waals surface area contributed by atoms with Gasteiger partial charge in [-0.15, -0.1) is 5.10 Å². The Hall–Kier alpha value is -3.36. The maximum atomic E-state index is 13.9. The van der Waals surface area contributed by atoms with Crippen LogP contribution in [0.5, 0.6) is 0 Å². The van der Waals surface area contributed by atoms with E-state index in [0.717, 1.165) is 43.0 Å². The Morgan fingerprint density at radius 3 is 1.98 bits per heavy atom. The predicted molar refractivity (Wildman–Crippen MR) is 138 cm³/mol. The minimum atomic E-state index is -5.08. The van der Waals surface area contributed by atoms with E-state index >= 15 is 0 Å². The molecule has 0 unspecified atom stereocenters. The van der Waals surface area contributed by atoms with Crippen molar-refractivity contribution >= 4 is 5.95 Å². The first-order chi connectivity index (χ1) is 20.0. The Balaban J connectivity index is 1.72. The molecule has 0 bridgehead atoms. The molecule has 1 aliphatic rings. The lowest BCUT2D eigenvalue weighted by molar-refractivity contribution is -0.143. The van der Waals surface area contributed by atoms with E-state index in [0.29, 0.717) is 30.2 Å². The number of nitrogens with zero attached hydrogens (tertiary/aromatic N) is 5. The summed E-state index contributed by atoms with van der Waals surface area (Å²) in [6.07, 6.45) is -9.60. The molecular formula is C28H30F9N5O. The van der Waals surface area contributed by atoms with Gasteiger partial charge in [0.1, 0.15) is 0 Å². The van der Waals surface area contributed by atoms with Gasteiger partial charge in [0.05, 0.1) is 30.3 Å². The van der Waals surface area contributed by atoms with E-state index < -0.39 is 47.3 Å². The molecule has 0 atom stereocenters. The van der Waals surface area contributed by atoms with Gasteiger partial charge in [-0.1, -0.05) is 30.4 Å². The summed E-state index contributed by atoms with van der Waals surface area (Å²) in [6, 6.07) is 3.39. The van der Waals surface area contributed by atoms with Crippen molar-refractivity contribution in [2.24, 2.45) is 13.0 Å². The van der Waals surface area contributed by atoms with Gasteiger partial charge in [-0.2, -0.15) is 44.3 Å². The Labute approximate surface area is 241 Å². The summed E-state index contributed by atoms with van der Waals surface area (Å²) in [5, 5.41) is 11.5. The molecular weight excluding hydrogens is 593 g/mol. The van der Waals surface area contributed by atoms with E-state index in [1.54, 1.807) is 0 Å². The van der Waals surface area contributed by atoms with E-state index in [1.807, 2.05) is 0 Å². The van der Waals surface area contributed by atoms with Crippen LogP contribution >= 0.6 is 0 Å². The third-order valence-electron chi connectivity index (χ3n) is 7.35. The first kappa shape index (κ1) is 32.6. The molecule has 3 aromatic rings. The molecule has 0 N–H and O–H groups in total. The van der Waals surface area contributed by atoms with Crippen LogP contribution in [0.3, 0.4) is 0 Å². The molecule has 1 saturated carbocycles. The average Bonchev–Trinajstić information content (AvgIpc) is 3.34. The molecule has 1 fully saturated rings. The lowest BCUT2D eigenvalue weighted by Gasteiger charge is -2.25. The number of benzene rings is 2. The highest BCUT2D eigenvalue weighted by Gasteiger charge is 2.37. The molecule has 1 aliphatic carbocycles. The fourth-order valence-electron chi connectivity index (χ4n) is 5.22. The number of halogens is 9. The molecule has 0 saturated heterocycles. The van der Waals surface area contributed by atoms with Gasteiger partial charge in [0.25, 0.3) is 5.95 Å². The first-order valence-electron chi connectivity index (χ1n) is 13.6. The third kappa shape index (κ3) is 8.61. The normalized spacial score (nSPS) is 15.2. The van der Waals surface area contributed by atoms with E-state index in [4.69, 9.17) is 4.74 Å². The summed E-state index contributed by atoms with van der Waals surface area (Å²) < 4.78 is 129. The fourth-order valence-corrected chi connectivity index (χ4v) is 5.22. The van der Waals surface area contributed by atoms with Crippen molar-refractivity contribution in [3.63, 3.8) is 0 Å². The van der Waals surface area contributed by atoms with Crippen LogP contribution in [0.1, 0.15) is 71.0 Å². The summed E-state index contributed by atoms with van der Waals surface area (Å²) in [7, 11) is 1.39. The summed E-state index contributed by atoms with van der Waals surface area (Å²) in [5.74, 6) is 0.133. The van der Waals surface area contributed by atoms with Gasteiger partial charge < -0.3 is 9.64 Å². The lowest BCUT2D eigenvalue weighted by Crippen LogP contribution is -2.26. The van der Waals surface area contributed by atoms with Crippen molar-refractivity contribution in [3.8, 4) is 0 Å². The van der Waals surface area contributed by atoms with Gasteiger partial charge in [-0.05, 0) is 77.4 Å². The summed E-state index contributed by atoms with van der Waals surface area (Å²) in [6.45, 7) is 0.722. The summed E-state index contributed by atoms with van der Waals surface area (Å²) in [5.41, 5.74) is -3.90. The smallest absolute Gasteiger partial charge is 0.376 e. The van der Waals surface area contributed by atoms with E-state index in [9.17, 15) is 39.5 Å². The zero-order valence-corrected chi connectivity index (χ0v) is 23.4. The molecule has 1 aromatic heterocycles.